The van der Waals surface area contributed by atoms with Crippen LogP contribution in [0.4, 0.5) is 0 Å². The normalized spacial score (nSPS) is 25.8. The van der Waals surface area contributed by atoms with Gasteiger partial charge in [-0.2, -0.15) is 0 Å². The Labute approximate surface area is 75.0 Å². The van der Waals surface area contributed by atoms with Gasteiger partial charge in [0.2, 0.25) is 5.91 Å². The molecule has 70 valence electrons. The van der Waals surface area contributed by atoms with Crippen LogP contribution in [0.5, 0.6) is 0 Å². The molecule has 2 aliphatic heterocycles. The number of hydrogen-bond donors (Lipinski definition) is 2. The zero-order valence-corrected chi connectivity index (χ0v) is 7.20. The van der Waals surface area contributed by atoms with E-state index in [1.807, 2.05) is 0 Å². The molecule has 0 bridgehead atoms. The van der Waals surface area contributed by atoms with Crippen LogP contribution < -0.4 is 5.32 Å². The van der Waals surface area contributed by atoms with E-state index in [1.54, 1.807) is 7.05 Å². The van der Waals surface area contributed by atoms with E-state index in [0.717, 1.165) is 0 Å². The highest BCUT2D eigenvalue weighted by atomic mass is 16.4. The third kappa shape index (κ3) is 0.929. The minimum atomic E-state index is -1.03. The van der Waals surface area contributed by atoms with Gasteiger partial charge in [0.25, 0.3) is 0 Å². The molecule has 1 fully saturated rings. The summed E-state index contributed by atoms with van der Waals surface area (Å²) in [6.45, 7) is 0. The number of rotatable bonds is 2. The standard InChI is InChI=1S/C8H10N2O3/c1-9-5-2-4-3-6(11)10(4)7(5)8(12)13/h4,9H,2-3H2,1H3,(H,12,13). The fourth-order valence-electron chi connectivity index (χ4n) is 1.88. The van der Waals surface area contributed by atoms with Gasteiger partial charge < -0.3 is 15.3 Å². The Morgan fingerprint density at radius 3 is 2.77 bits per heavy atom. The SMILES string of the molecule is CNC1=C(C(=O)O)N2C(=O)CC2C1. The molecule has 0 spiro atoms. The summed E-state index contributed by atoms with van der Waals surface area (Å²) in [5.74, 6) is -1.12. The van der Waals surface area contributed by atoms with Crippen molar-refractivity contribution in [2.75, 3.05) is 7.05 Å². The lowest BCUT2D eigenvalue weighted by atomic mass is 10.0. The van der Waals surface area contributed by atoms with Gasteiger partial charge in [-0.05, 0) is 0 Å². The third-order valence-corrected chi connectivity index (χ3v) is 2.51. The minimum absolute atomic E-state index is 0.0843. The van der Waals surface area contributed by atoms with Crippen LogP contribution >= 0.6 is 0 Å². The first-order chi connectivity index (χ1) is 6.15. The zero-order valence-electron chi connectivity index (χ0n) is 7.20. The van der Waals surface area contributed by atoms with Crippen LogP contribution in [0.25, 0.3) is 0 Å². The van der Waals surface area contributed by atoms with Gasteiger partial charge in [0.15, 0.2) is 0 Å². The molecule has 0 aromatic heterocycles. The molecule has 1 amide bonds. The van der Waals surface area contributed by atoms with Crippen LogP contribution in [0.1, 0.15) is 12.8 Å². The molecule has 1 saturated heterocycles. The van der Waals surface area contributed by atoms with Gasteiger partial charge >= 0.3 is 5.97 Å². The highest BCUT2D eigenvalue weighted by Gasteiger charge is 2.47. The smallest absolute Gasteiger partial charge is 0.354 e. The second-order valence-corrected chi connectivity index (χ2v) is 3.21. The van der Waals surface area contributed by atoms with Gasteiger partial charge in [-0.3, -0.25) is 4.79 Å². The fraction of sp³-hybridized carbons (Fsp3) is 0.500. The van der Waals surface area contributed by atoms with Gasteiger partial charge in [-0.25, -0.2) is 4.79 Å². The summed E-state index contributed by atoms with van der Waals surface area (Å²) in [4.78, 5) is 23.3. The van der Waals surface area contributed by atoms with Crippen LogP contribution in [0.2, 0.25) is 0 Å². The van der Waals surface area contributed by atoms with E-state index < -0.39 is 5.97 Å². The maximum Gasteiger partial charge on any atom is 0.354 e. The molecule has 0 aliphatic carbocycles. The lowest BCUT2D eigenvalue weighted by Gasteiger charge is -2.34. The molecule has 2 rings (SSSR count). The third-order valence-electron chi connectivity index (χ3n) is 2.51. The van der Waals surface area contributed by atoms with E-state index in [-0.39, 0.29) is 17.6 Å². The van der Waals surface area contributed by atoms with Gasteiger partial charge in [-0.1, -0.05) is 0 Å². The van der Waals surface area contributed by atoms with Crippen molar-refractivity contribution in [1.82, 2.24) is 10.2 Å². The first kappa shape index (κ1) is 8.10. The van der Waals surface area contributed by atoms with Crippen LogP contribution in [-0.4, -0.2) is 35.0 Å². The average molecular weight is 182 g/mol. The molecule has 13 heavy (non-hydrogen) atoms. The number of nitrogens with zero attached hydrogens (tertiary/aromatic N) is 1. The number of carbonyl (C=O) groups excluding carboxylic acids is 1. The quantitative estimate of drug-likeness (QED) is 0.565. The molecule has 0 aromatic rings. The maximum atomic E-state index is 11.1. The number of nitrogens with one attached hydrogen (secondary N) is 1. The zero-order chi connectivity index (χ0) is 9.59. The molecule has 0 aromatic carbocycles. The first-order valence-corrected chi connectivity index (χ1v) is 4.11. The number of carboxylic acids is 1. The Kier molecular flexibility index (Phi) is 1.55. The second-order valence-electron chi connectivity index (χ2n) is 3.21. The van der Waals surface area contributed by atoms with Gasteiger partial charge in [0.05, 0.1) is 6.04 Å². The predicted molar refractivity (Wildman–Crippen MR) is 43.6 cm³/mol. The molecule has 1 unspecified atom stereocenters. The number of fused-ring (bicyclic) bond motifs is 1. The average Bonchev–Trinajstić information content (AvgIpc) is 2.37. The Morgan fingerprint density at radius 2 is 2.31 bits per heavy atom. The van der Waals surface area contributed by atoms with Crippen LogP contribution in [0.15, 0.2) is 11.4 Å². The summed E-state index contributed by atoms with van der Waals surface area (Å²) in [5, 5.41) is 11.7. The Hall–Kier alpha value is -1.52. The highest BCUT2D eigenvalue weighted by Crippen LogP contribution is 2.36. The number of aliphatic carboxylic acids is 1. The van der Waals surface area contributed by atoms with Crippen LogP contribution in [-0.2, 0) is 9.59 Å². The number of carbonyl (C=O) groups is 2. The van der Waals surface area contributed by atoms with Crippen molar-refractivity contribution in [3.05, 3.63) is 11.4 Å². The van der Waals surface area contributed by atoms with Crippen molar-refractivity contribution in [2.24, 2.45) is 0 Å². The fourth-order valence-corrected chi connectivity index (χ4v) is 1.88. The van der Waals surface area contributed by atoms with Gasteiger partial charge in [0.1, 0.15) is 5.70 Å². The molecule has 1 atom stereocenters. The molecular weight excluding hydrogens is 172 g/mol. The maximum absolute atomic E-state index is 11.1. The summed E-state index contributed by atoms with van der Waals surface area (Å²) >= 11 is 0. The number of amides is 1. The summed E-state index contributed by atoms with van der Waals surface area (Å²) in [6.07, 6.45) is 1.12. The summed E-state index contributed by atoms with van der Waals surface area (Å²) in [7, 11) is 1.68. The van der Waals surface area contributed by atoms with Crippen molar-refractivity contribution in [2.45, 2.75) is 18.9 Å². The molecule has 0 saturated carbocycles. The summed E-state index contributed by atoms with van der Waals surface area (Å²) < 4.78 is 0. The van der Waals surface area contributed by atoms with E-state index >= 15 is 0 Å². The first-order valence-electron chi connectivity index (χ1n) is 4.11. The molecule has 2 N–H and O–H groups in total. The van der Waals surface area contributed by atoms with Crippen molar-refractivity contribution in [1.29, 1.82) is 0 Å². The van der Waals surface area contributed by atoms with E-state index in [9.17, 15) is 9.59 Å². The Bertz CT molecular complexity index is 321. The van der Waals surface area contributed by atoms with Crippen molar-refractivity contribution < 1.29 is 14.7 Å². The molecule has 5 nitrogen and oxygen atoms in total. The minimum Gasteiger partial charge on any atom is -0.477 e. The van der Waals surface area contributed by atoms with Crippen molar-refractivity contribution in [3.8, 4) is 0 Å². The lowest BCUT2D eigenvalue weighted by Crippen LogP contribution is -2.49. The monoisotopic (exact) mass is 182 g/mol. The molecule has 2 heterocycles. The molecule has 2 aliphatic rings. The topological polar surface area (TPSA) is 69.6 Å². The van der Waals surface area contributed by atoms with Crippen molar-refractivity contribution in [3.63, 3.8) is 0 Å². The number of hydrogen-bond acceptors (Lipinski definition) is 3. The second kappa shape index (κ2) is 2.48. The van der Waals surface area contributed by atoms with Gasteiger partial charge in [-0.15, -0.1) is 0 Å². The van der Waals surface area contributed by atoms with Crippen molar-refractivity contribution >= 4 is 11.9 Å². The molecular formula is C8H10N2O3. The Balaban J connectivity index is 2.34. The predicted octanol–water partition coefficient (Wildman–Crippen LogP) is -0.493. The highest BCUT2D eigenvalue weighted by molar-refractivity contribution is 5.98. The van der Waals surface area contributed by atoms with Crippen LogP contribution in [0, 0.1) is 0 Å². The van der Waals surface area contributed by atoms with E-state index in [0.29, 0.717) is 18.5 Å². The summed E-state index contributed by atoms with van der Waals surface area (Å²) in [5.41, 5.74) is 0.784. The van der Waals surface area contributed by atoms with Gasteiger partial charge in [0, 0.05) is 25.6 Å². The number of carboxylic acid groups (broad SMARTS) is 1. The van der Waals surface area contributed by atoms with E-state index in [4.69, 9.17) is 5.11 Å². The molecule has 0 radical (unpaired) electrons. The summed E-state index contributed by atoms with van der Waals surface area (Å²) in [6, 6.07) is 0.0843. The van der Waals surface area contributed by atoms with E-state index in [1.165, 1.54) is 4.90 Å². The van der Waals surface area contributed by atoms with E-state index in [2.05, 4.69) is 5.32 Å². The largest absolute Gasteiger partial charge is 0.477 e. The molecule has 5 heteroatoms. The number of β-lactam (4-membered cyclic amide) rings is 1. The lowest BCUT2D eigenvalue weighted by molar-refractivity contribution is -0.147. The Morgan fingerprint density at radius 1 is 1.62 bits per heavy atom. The van der Waals surface area contributed by atoms with Crippen LogP contribution in [0.3, 0.4) is 0 Å².